The number of carbonyl (C=O) groups excluding carboxylic acids is 3. The average molecular weight is 438 g/mol. The predicted octanol–water partition coefficient (Wildman–Crippen LogP) is 2.88. The van der Waals surface area contributed by atoms with Crippen molar-refractivity contribution >= 4 is 40.2 Å². The normalized spacial score (nSPS) is 23.2. The molecule has 2 atom stereocenters. The topological polar surface area (TPSA) is 95.1 Å². The lowest BCUT2D eigenvalue weighted by atomic mass is 9.87. The number of hydrogen-bond donors (Lipinski definition) is 1. The summed E-state index contributed by atoms with van der Waals surface area (Å²) in [5, 5.41) is 4.23. The summed E-state index contributed by atoms with van der Waals surface area (Å²) in [5.41, 5.74) is 1.21. The zero-order chi connectivity index (χ0) is 22.6. The molecule has 4 saturated heterocycles. The maximum atomic E-state index is 12.6. The molecule has 0 spiro atoms. The highest BCUT2D eigenvalue weighted by Crippen LogP contribution is 2.39. The number of fused-ring (bicyclic) bond motifs is 3. The largest absolute Gasteiger partial charge is 0.444 e. The van der Waals surface area contributed by atoms with E-state index in [0.717, 1.165) is 36.0 Å². The van der Waals surface area contributed by atoms with Crippen LogP contribution in [0.25, 0.3) is 10.8 Å². The summed E-state index contributed by atoms with van der Waals surface area (Å²) in [6.07, 6.45) is 4.47. The molecule has 0 saturated carbocycles. The van der Waals surface area contributed by atoms with E-state index in [0.29, 0.717) is 12.2 Å². The third-order valence-electron chi connectivity index (χ3n) is 6.24. The molecule has 4 aliphatic rings. The van der Waals surface area contributed by atoms with Crippen molar-refractivity contribution in [1.82, 2.24) is 15.2 Å². The Kier molecular flexibility index (Phi) is 4.72. The molecular formula is C23H27N5O4. The zero-order valence-electron chi connectivity index (χ0n) is 18.5. The van der Waals surface area contributed by atoms with Crippen molar-refractivity contribution < 1.29 is 19.1 Å². The van der Waals surface area contributed by atoms with Gasteiger partial charge < -0.3 is 9.64 Å². The molecule has 9 nitrogen and oxygen atoms in total. The predicted molar refractivity (Wildman–Crippen MR) is 120 cm³/mol. The second-order valence-electron chi connectivity index (χ2n) is 9.62. The lowest BCUT2D eigenvalue weighted by molar-refractivity contribution is -0.120. The number of amides is 4. The van der Waals surface area contributed by atoms with Gasteiger partial charge in [-0.25, -0.2) is 9.59 Å². The van der Waals surface area contributed by atoms with E-state index in [1.165, 1.54) is 0 Å². The summed E-state index contributed by atoms with van der Waals surface area (Å²) in [6, 6.07) is 5.81. The molecule has 4 amide bonds. The third kappa shape index (κ3) is 3.51. The Morgan fingerprint density at radius 3 is 2.53 bits per heavy atom. The van der Waals surface area contributed by atoms with Crippen molar-refractivity contribution in [2.45, 2.75) is 51.3 Å². The maximum Gasteiger partial charge on any atom is 0.410 e. The molecule has 1 N–H and O–H groups in total. The van der Waals surface area contributed by atoms with Crippen LogP contribution in [0.1, 0.15) is 33.6 Å². The number of ether oxygens (including phenoxy) is 1. The fourth-order valence-corrected chi connectivity index (χ4v) is 4.87. The maximum absolute atomic E-state index is 12.6. The Morgan fingerprint density at radius 2 is 1.84 bits per heavy atom. The molecule has 0 radical (unpaired) electrons. The molecule has 168 valence electrons. The molecule has 0 aliphatic carbocycles. The Morgan fingerprint density at radius 1 is 1.09 bits per heavy atom. The zero-order valence-corrected chi connectivity index (χ0v) is 18.5. The number of pyridine rings is 1. The standard InChI is InChI=1S/C23H27N5O4/c1-23(2,3)32-22(31)28-14-9-15(28)13-26(12-14)18-6-4-5-16-17(18)10-24-11-19(16)27-8-7-20(29)25-21(27)30/h4-6,10-11,14-15H,7-9,12-13H2,1-3H3,(H,25,29,30). The minimum Gasteiger partial charge on any atom is -0.444 e. The van der Waals surface area contributed by atoms with Gasteiger partial charge in [0.25, 0.3) is 0 Å². The number of imide groups is 1. The molecule has 1 aromatic carbocycles. The average Bonchev–Trinajstić information content (AvgIpc) is 2.71. The van der Waals surface area contributed by atoms with E-state index in [4.69, 9.17) is 4.74 Å². The third-order valence-corrected chi connectivity index (χ3v) is 6.24. The highest BCUT2D eigenvalue weighted by molar-refractivity contribution is 6.11. The van der Waals surface area contributed by atoms with Gasteiger partial charge in [-0.3, -0.25) is 24.9 Å². The van der Waals surface area contributed by atoms with Crippen LogP contribution in [-0.4, -0.2) is 65.2 Å². The first-order chi connectivity index (χ1) is 15.2. The number of anilines is 2. The van der Waals surface area contributed by atoms with Crippen molar-refractivity contribution in [3.05, 3.63) is 30.6 Å². The minimum atomic E-state index is -0.510. The second-order valence-corrected chi connectivity index (χ2v) is 9.62. The molecule has 2 unspecified atom stereocenters. The molecule has 2 aromatic rings. The van der Waals surface area contributed by atoms with E-state index < -0.39 is 11.6 Å². The van der Waals surface area contributed by atoms with Gasteiger partial charge in [-0.1, -0.05) is 12.1 Å². The first-order valence-electron chi connectivity index (χ1n) is 11.0. The van der Waals surface area contributed by atoms with Crippen LogP contribution in [0.3, 0.4) is 0 Å². The first kappa shape index (κ1) is 20.5. The van der Waals surface area contributed by atoms with Gasteiger partial charge in [0.1, 0.15) is 5.60 Å². The van der Waals surface area contributed by atoms with Crippen molar-refractivity contribution in [3.63, 3.8) is 0 Å². The number of hydrogen-bond acceptors (Lipinski definition) is 6. The monoisotopic (exact) mass is 437 g/mol. The lowest BCUT2D eigenvalue weighted by Gasteiger charge is -2.56. The quantitative estimate of drug-likeness (QED) is 0.776. The Labute approximate surface area is 186 Å². The highest BCUT2D eigenvalue weighted by atomic mass is 16.6. The highest BCUT2D eigenvalue weighted by Gasteiger charge is 2.49. The first-order valence-corrected chi connectivity index (χ1v) is 11.0. The number of urea groups is 1. The summed E-state index contributed by atoms with van der Waals surface area (Å²) < 4.78 is 5.58. The summed E-state index contributed by atoms with van der Waals surface area (Å²) in [4.78, 5) is 46.6. The number of nitrogens with one attached hydrogen (secondary N) is 1. The number of piperidine rings is 1. The summed E-state index contributed by atoms with van der Waals surface area (Å²) in [6.45, 7) is 7.41. The van der Waals surface area contributed by atoms with Crippen LogP contribution in [0.5, 0.6) is 0 Å². The van der Waals surface area contributed by atoms with E-state index in [2.05, 4.69) is 21.3 Å². The van der Waals surface area contributed by atoms with Gasteiger partial charge in [0.2, 0.25) is 5.91 Å². The lowest BCUT2D eigenvalue weighted by Crippen LogP contribution is -2.70. The molecule has 4 aliphatic heterocycles. The van der Waals surface area contributed by atoms with Crippen LogP contribution in [0.4, 0.5) is 21.0 Å². The molecule has 2 bridgehead atoms. The van der Waals surface area contributed by atoms with E-state index in [1.807, 2.05) is 44.0 Å². The Bertz CT molecular complexity index is 1100. The van der Waals surface area contributed by atoms with Gasteiger partial charge in [-0.05, 0) is 33.3 Å². The number of carbonyl (C=O) groups is 3. The summed E-state index contributed by atoms with van der Waals surface area (Å²) in [5.74, 6) is -0.262. The van der Waals surface area contributed by atoms with Crippen molar-refractivity contribution in [1.29, 1.82) is 0 Å². The van der Waals surface area contributed by atoms with E-state index in [-0.39, 0.29) is 30.5 Å². The molecule has 6 rings (SSSR count). The van der Waals surface area contributed by atoms with Crippen LogP contribution in [0.15, 0.2) is 30.6 Å². The molecule has 1 aromatic heterocycles. The van der Waals surface area contributed by atoms with Crippen molar-refractivity contribution in [3.8, 4) is 0 Å². The second kappa shape index (κ2) is 7.36. The van der Waals surface area contributed by atoms with Crippen LogP contribution in [0.2, 0.25) is 0 Å². The molecule has 32 heavy (non-hydrogen) atoms. The van der Waals surface area contributed by atoms with Gasteiger partial charge in [0.05, 0.1) is 24.0 Å². The fourth-order valence-electron chi connectivity index (χ4n) is 4.87. The van der Waals surface area contributed by atoms with E-state index in [9.17, 15) is 14.4 Å². The molecule has 5 heterocycles. The van der Waals surface area contributed by atoms with Crippen molar-refractivity contribution in [2.24, 2.45) is 0 Å². The van der Waals surface area contributed by atoms with Gasteiger partial charge in [-0.15, -0.1) is 0 Å². The van der Waals surface area contributed by atoms with E-state index in [1.54, 1.807) is 11.1 Å². The van der Waals surface area contributed by atoms with Gasteiger partial charge >= 0.3 is 12.1 Å². The fraction of sp³-hybridized carbons (Fsp3) is 0.478. The Hall–Kier alpha value is -3.36. The number of benzene rings is 1. The van der Waals surface area contributed by atoms with Crippen LogP contribution >= 0.6 is 0 Å². The molecular weight excluding hydrogens is 410 g/mol. The van der Waals surface area contributed by atoms with Gasteiger partial charge in [-0.2, -0.15) is 0 Å². The van der Waals surface area contributed by atoms with Crippen LogP contribution in [0, 0.1) is 0 Å². The summed E-state index contributed by atoms with van der Waals surface area (Å²) >= 11 is 0. The number of nitrogens with zero attached hydrogens (tertiary/aromatic N) is 4. The Balaban J connectivity index is 1.40. The number of rotatable bonds is 2. The SMILES string of the molecule is CC(C)(C)OC(=O)N1C2CC1CN(c1cccc3c(N4CCC(=O)NC4=O)cncc13)C2. The summed E-state index contributed by atoms with van der Waals surface area (Å²) in [7, 11) is 0. The molecule has 4 fully saturated rings. The number of aromatic nitrogens is 1. The van der Waals surface area contributed by atoms with E-state index >= 15 is 0 Å². The van der Waals surface area contributed by atoms with Crippen LogP contribution in [-0.2, 0) is 9.53 Å². The molecule has 9 heteroatoms. The smallest absolute Gasteiger partial charge is 0.410 e. The number of piperazine rings is 1. The van der Waals surface area contributed by atoms with Crippen LogP contribution < -0.4 is 15.1 Å². The van der Waals surface area contributed by atoms with Gasteiger partial charge in [0, 0.05) is 48.7 Å². The van der Waals surface area contributed by atoms with Gasteiger partial charge in [0.15, 0.2) is 0 Å². The van der Waals surface area contributed by atoms with Crippen molar-refractivity contribution in [2.75, 3.05) is 29.4 Å². The minimum absolute atomic E-state index is 0.119.